The summed E-state index contributed by atoms with van der Waals surface area (Å²) in [5.41, 5.74) is 2.01. The highest BCUT2D eigenvalue weighted by Crippen LogP contribution is 2.30. The lowest BCUT2D eigenvalue weighted by molar-refractivity contribution is -0.134. The molecule has 2 heterocycles. The van der Waals surface area contributed by atoms with Crippen LogP contribution in [0.25, 0.3) is 0 Å². The molecule has 1 amide bonds. The molecule has 25 heavy (non-hydrogen) atoms. The SMILES string of the molecule is COc1ccccc1C1CNCCN1C(=O)CCc1ccccn1.Cl. The maximum Gasteiger partial charge on any atom is 0.223 e. The predicted octanol–water partition coefficient (Wildman–Crippen LogP) is 2.62. The normalized spacial score (nSPS) is 16.8. The summed E-state index contributed by atoms with van der Waals surface area (Å²) in [6, 6.07) is 13.7. The van der Waals surface area contributed by atoms with Gasteiger partial charge in [0, 0.05) is 43.5 Å². The molecule has 1 saturated heterocycles. The fourth-order valence-electron chi connectivity index (χ4n) is 3.15. The van der Waals surface area contributed by atoms with Gasteiger partial charge >= 0.3 is 0 Å². The summed E-state index contributed by atoms with van der Waals surface area (Å²) in [4.78, 5) is 19.1. The second-order valence-electron chi connectivity index (χ2n) is 5.87. The fourth-order valence-corrected chi connectivity index (χ4v) is 3.15. The number of amides is 1. The third-order valence-corrected chi connectivity index (χ3v) is 4.38. The number of piperazine rings is 1. The molecule has 0 bridgehead atoms. The molecule has 1 fully saturated rings. The van der Waals surface area contributed by atoms with Crippen molar-refractivity contribution in [3.63, 3.8) is 0 Å². The van der Waals surface area contributed by atoms with E-state index >= 15 is 0 Å². The monoisotopic (exact) mass is 361 g/mol. The molecule has 0 saturated carbocycles. The zero-order chi connectivity index (χ0) is 16.8. The molecule has 6 heteroatoms. The van der Waals surface area contributed by atoms with Gasteiger partial charge in [0.05, 0.1) is 13.2 Å². The van der Waals surface area contributed by atoms with Crippen molar-refractivity contribution in [2.24, 2.45) is 0 Å². The van der Waals surface area contributed by atoms with Crippen molar-refractivity contribution in [1.82, 2.24) is 15.2 Å². The van der Waals surface area contributed by atoms with Gasteiger partial charge < -0.3 is 15.0 Å². The first-order valence-electron chi connectivity index (χ1n) is 8.32. The van der Waals surface area contributed by atoms with Crippen LogP contribution in [0.1, 0.15) is 23.7 Å². The van der Waals surface area contributed by atoms with E-state index in [1.165, 1.54) is 0 Å². The van der Waals surface area contributed by atoms with Gasteiger partial charge in [0.25, 0.3) is 0 Å². The maximum atomic E-state index is 12.8. The smallest absolute Gasteiger partial charge is 0.223 e. The summed E-state index contributed by atoms with van der Waals surface area (Å²) in [7, 11) is 1.67. The molecule has 1 aromatic heterocycles. The quantitative estimate of drug-likeness (QED) is 0.889. The van der Waals surface area contributed by atoms with Gasteiger partial charge in [-0.1, -0.05) is 24.3 Å². The number of carbonyl (C=O) groups excluding carboxylic acids is 1. The van der Waals surface area contributed by atoms with Crippen molar-refractivity contribution in [3.05, 3.63) is 59.9 Å². The van der Waals surface area contributed by atoms with E-state index in [1.807, 2.05) is 47.4 Å². The van der Waals surface area contributed by atoms with Crippen LogP contribution in [-0.2, 0) is 11.2 Å². The average Bonchev–Trinajstić information content (AvgIpc) is 2.67. The first-order valence-corrected chi connectivity index (χ1v) is 8.32. The zero-order valence-corrected chi connectivity index (χ0v) is 15.2. The lowest BCUT2D eigenvalue weighted by Crippen LogP contribution is -2.48. The Bertz CT molecular complexity index is 681. The molecule has 1 atom stereocenters. The van der Waals surface area contributed by atoms with E-state index in [1.54, 1.807) is 13.3 Å². The second kappa shape index (κ2) is 9.39. The third-order valence-electron chi connectivity index (χ3n) is 4.38. The first-order chi connectivity index (χ1) is 11.8. The van der Waals surface area contributed by atoms with Crippen molar-refractivity contribution < 1.29 is 9.53 Å². The molecule has 1 aliphatic rings. The number of ether oxygens (including phenoxy) is 1. The number of methoxy groups -OCH3 is 1. The number of hydrogen-bond acceptors (Lipinski definition) is 4. The topological polar surface area (TPSA) is 54.5 Å². The number of halogens is 1. The van der Waals surface area contributed by atoms with E-state index in [9.17, 15) is 4.79 Å². The van der Waals surface area contributed by atoms with Crippen molar-refractivity contribution in [1.29, 1.82) is 0 Å². The molecule has 0 aliphatic carbocycles. The average molecular weight is 362 g/mol. The van der Waals surface area contributed by atoms with Crippen LogP contribution < -0.4 is 10.1 Å². The Morgan fingerprint density at radius 2 is 2.08 bits per heavy atom. The zero-order valence-electron chi connectivity index (χ0n) is 14.4. The van der Waals surface area contributed by atoms with Gasteiger partial charge in [0.15, 0.2) is 0 Å². The number of rotatable bonds is 5. The molecular weight excluding hydrogens is 338 g/mol. The minimum atomic E-state index is 0. The summed E-state index contributed by atoms with van der Waals surface area (Å²) >= 11 is 0. The molecule has 0 radical (unpaired) electrons. The predicted molar refractivity (Wildman–Crippen MR) is 100 cm³/mol. The highest BCUT2D eigenvalue weighted by Gasteiger charge is 2.29. The number of para-hydroxylation sites is 1. The van der Waals surface area contributed by atoms with Crippen molar-refractivity contribution >= 4 is 18.3 Å². The highest BCUT2D eigenvalue weighted by molar-refractivity contribution is 5.85. The van der Waals surface area contributed by atoms with Gasteiger partial charge in [-0.15, -0.1) is 12.4 Å². The molecule has 1 unspecified atom stereocenters. The summed E-state index contributed by atoms with van der Waals surface area (Å²) in [6.07, 6.45) is 2.91. The molecule has 134 valence electrons. The van der Waals surface area contributed by atoms with Gasteiger partial charge in [0.2, 0.25) is 5.91 Å². The van der Waals surface area contributed by atoms with Crippen LogP contribution >= 0.6 is 12.4 Å². The van der Waals surface area contributed by atoms with E-state index in [4.69, 9.17) is 4.74 Å². The molecular formula is C19H24ClN3O2. The summed E-state index contributed by atoms with van der Waals surface area (Å²) in [6.45, 7) is 2.28. The maximum absolute atomic E-state index is 12.8. The number of aryl methyl sites for hydroxylation is 1. The molecule has 1 aliphatic heterocycles. The number of benzene rings is 1. The number of nitrogens with zero attached hydrogens (tertiary/aromatic N) is 2. The Labute approximate surface area is 154 Å². The van der Waals surface area contributed by atoms with Crippen LogP contribution in [-0.4, -0.2) is 42.5 Å². The number of aromatic nitrogens is 1. The molecule has 5 nitrogen and oxygen atoms in total. The number of carbonyl (C=O) groups is 1. The highest BCUT2D eigenvalue weighted by atomic mass is 35.5. The van der Waals surface area contributed by atoms with Crippen LogP contribution in [0.2, 0.25) is 0 Å². The lowest BCUT2D eigenvalue weighted by Gasteiger charge is -2.37. The van der Waals surface area contributed by atoms with E-state index in [0.717, 1.165) is 30.1 Å². The Balaban J connectivity index is 0.00000225. The van der Waals surface area contributed by atoms with Gasteiger partial charge in [0.1, 0.15) is 5.75 Å². The van der Waals surface area contributed by atoms with Gasteiger partial charge in [-0.05, 0) is 24.6 Å². The van der Waals surface area contributed by atoms with E-state index < -0.39 is 0 Å². The molecule has 0 spiro atoms. The third kappa shape index (κ3) is 4.71. The van der Waals surface area contributed by atoms with E-state index in [-0.39, 0.29) is 24.4 Å². The van der Waals surface area contributed by atoms with Crippen LogP contribution in [0, 0.1) is 0 Å². The minimum Gasteiger partial charge on any atom is -0.496 e. The van der Waals surface area contributed by atoms with Crippen molar-refractivity contribution in [3.8, 4) is 5.75 Å². The molecule has 1 aromatic carbocycles. The van der Waals surface area contributed by atoms with Crippen molar-refractivity contribution in [2.75, 3.05) is 26.7 Å². The fraction of sp³-hybridized carbons (Fsp3) is 0.368. The minimum absolute atomic E-state index is 0. The Hall–Kier alpha value is -2.11. The standard InChI is InChI=1S/C19H23N3O2.ClH/c1-24-18-8-3-2-7-16(18)17-14-20-12-13-22(17)19(23)10-9-15-6-4-5-11-21-15;/h2-8,11,17,20H,9-10,12-14H2,1H3;1H. The van der Waals surface area contributed by atoms with Gasteiger partial charge in [-0.2, -0.15) is 0 Å². The van der Waals surface area contributed by atoms with Crippen LogP contribution in [0.4, 0.5) is 0 Å². The Morgan fingerprint density at radius 1 is 1.28 bits per heavy atom. The largest absolute Gasteiger partial charge is 0.496 e. The van der Waals surface area contributed by atoms with Crippen LogP contribution in [0.15, 0.2) is 48.7 Å². The molecule has 1 N–H and O–H groups in total. The summed E-state index contributed by atoms with van der Waals surface area (Å²) < 4.78 is 5.48. The van der Waals surface area contributed by atoms with Crippen LogP contribution in [0.3, 0.4) is 0 Å². The number of pyridine rings is 1. The lowest BCUT2D eigenvalue weighted by atomic mass is 10.0. The Kier molecular flexibility index (Phi) is 7.22. The Morgan fingerprint density at radius 3 is 2.84 bits per heavy atom. The molecule has 3 rings (SSSR count). The number of nitrogens with one attached hydrogen (secondary N) is 1. The van der Waals surface area contributed by atoms with Gasteiger partial charge in [-0.3, -0.25) is 9.78 Å². The van der Waals surface area contributed by atoms with Crippen molar-refractivity contribution in [2.45, 2.75) is 18.9 Å². The van der Waals surface area contributed by atoms with E-state index in [2.05, 4.69) is 10.3 Å². The first kappa shape index (κ1) is 19.2. The summed E-state index contributed by atoms with van der Waals surface area (Å²) in [5, 5.41) is 3.38. The molecule has 2 aromatic rings. The van der Waals surface area contributed by atoms with Crippen LogP contribution in [0.5, 0.6) is 5.75 Å². The van der Waals surface area contributed by atoms with Gasteiger partial charge in [-0.25, -0.2) is 0 Å². The summed E-state index contributed by atoms with van der Waals surface area (Å²) in [5.74, 6) is 0.992. The number of hydrogen-bond donors (Lipinski definition) is 1. The second-order valence-corrected chi connectivity index (χ2v) is 5.87. The van der Waals surface area contributed by atoms with E-state index in [0.29, 0.717) is 19.4 Å².